The Bertz CT molecular complexity index is 622. The fourth-order valence-electron chi connectivity index (χ4n) is 2.29. The van der Waals surface area contributed by atoms with E-state index >= 15 is 0 Å². The Labute approximate surface area is 143 Å². The van der Waals surface area contributed by atoms with Crippen molar-refractivity contribution >= 4 is 5.69 Å². The number of hydrogen-bond donors (Lipinski definition) is 3. The highest BCUT2D eigenvalue weighted by Gasteiger charge is 2.46. The van der Waals surface area contributed by atoms with E-state index in [1.54, 1.807) is 42.5 Å². The second kappa shape index (κ2) is 8.84. The largest absolute Gasteiger partial charge is 0.416 e. The van der Waals surface area contributed by atoms with E-state index in [-0.39, 0.29) is 13.2 Å². The van der Waals surface area contributed by atoms with E-state index in [4.69, 9.17) is 4.74 Å². The van der Waals surface area contributed by atoms with Crippen LogP contribution in [0.15, 0.2) is 60.7 Å². The van der Waals surface area contributed by atoms with Crippen LogP contribution in [0.1, 0.15) is 5.56 Å². The molecule has 0 aromatic heterocycles. The monoisotopic (exact) mass is 355 g/mol. The second-order valence-electron chi connectivity index (χ2n) is 5.59. The number of aliphatic hydroxyl groups excluding tert-OH is 2. The van der Waals surface area contributed by atoms with Gasteiger partial charge in [0, 0.05) is 5.69 Å². The molecule has 136 valence electrons. The number of aliphatic hydroxyl groups is 2. The Morgan fingerprint density at radius 2 is 1.48 bits per heavy atom. The highest BCUT2D eigenvalue weighted by molar-refractivity contribution is 5.44. The maximum atomic E-state index is 12.9. The second-order valence-corrected chi connectivity index (χ2v) is 5.59. The average Bonchev–Trinajstić information content (AvgIpc) is 2.60. The third kappa shape index (κ3) is 6.04. The molecule has 0 heterocycles. The van der Waals surface area contributed by atoms with Gasteiger partial charge in [-0.05, 0) is 17.7 Å². The van der Waals surface area contributed by atoms with Crippen LogP contribution >= 0.6 is 0 Å². The summed E-state index contributed by atoms with van der Waals surface area (Å²) in [6.45, 7) is -0.204. The van der Waals surface area contributed by atoms with Crippen LogP contribution in [0.5, 0.6) is 0 Å². The molecule has 0 fully saturated rings. The van der Waals surface area contributed by atoms with Crippen LogP contribution in [0.4, 0.5) is 18.9 Å². The number of benzene rings is 2. The quantitative estimate of drug-likeness (QED) is 0.681. The van der Waals surface area contributed by atoms with Crippen molar-refractivity contribution in [1.82, 2.24) is 0 Å². The summed E-state index contributed by atoms with van der Waals surface area (Å²) in [5, 5.41) is 22.3. The first-order valence-corrected chi connectivity index (χ1v) is 7.74. The van der Waals surface area contributed by atoms with Gasteiger partial charge in [-0.3, -0.25) is 0 Å². The summed E-state index contributed by atoms with van der Waals surface area (Å²) in [5.74, 6) is 0. The van der Waals surface area contributed by atoms with Crippen LogP contribution < -0.4 is 5.32 Å². The zero-order valence-corrected chi connectivity index (χ0v) is 13.4. The molecule has 0 saturated carbocycles. The van der Waals surface area contributed by atoms with Gasteiger partial charge in [-0.1, -0.05) is 48.5 Å². The predicted octanol–water partition coefficient (Wildman–Crippen LogP) is 2.97. The van der Waals surface area contributed by atoms with Crippen molar-refractivity contribution in [2.24, 2.45) is 0 Å². The molecule has 2 aromatic carbocycles. The highest BCUT2D eigenvalue weighted by atomic mass is 19.4. The lowest BCUT2D eigenvalue weighted by Gasteiger charge is -2.30. The fourth-order valence-corrected chi connectivity index (χ4v) is 2.29. The SMILES string of the molecule is OC(COCc1ccccc1)C(Nc1ccccc1)C(O)C(F)(F)F. The summed E-state index contributed by atoms with van der Waals surface area (Å²) in [6, 6.07) is 15.5. The maximum Gasteiger partial charge on any atom is 0.416 e. The van der Waals surface area contributed by atoms with Crippen molar-refractivity contribution in [3.63, 3.8) is 0 Å². The average molecular weight is 355 g/mol. The first-order chi connectivity index (χ1) is 11.9. The van der Waals surface area contributed by atoms with Gasteiger partial charge in [0.15, 0.2) is 6.10 Å². The Balaban J connectivity index is 2.00. The van der Waals surface area contributed by atoms with Crippen LogP contribution in [0.3, 0.4) is 0 Å². The normalized spacial score (nSPS) is 15.4. The number of para-hydroxylation sites is 1. The van der Waals surface area contributed by atoms with Crippen molar-refractivity contribution in [1.29, 1.82) is 0 Å². The summed E-state index contributed by atoms with van der Waals surface area (Å²) in [5.41, 5.74) is 1.19. The lowest BCUT2D eigenvalue weighted by Crippen LogP contribution is -2.52. The molecule has 3 N–H and O–H groups in total. The molecule has 7 heteroatoms. The molecule has 3 unspecified atom stereocenters. The van der Waals surface area contributed by atoms with Crippen molar-refractivity contribution in [3.05, 3.63) is 66.2 Å². The molecule has 25 heavy (non-hydrogen) atoms. The molecule has 4 nitrogen and oxygen atoms in total. The molecule has 0 saturated heterocycles. The smallest absolute Gasteiger partial charge is 0.388 e. The minimum atomic E-state index is -4.87. The number of rotatable bonds is 8. The molecule has 0 aliphatic rings. The van der Waals surface area contributed by atoms with Crippen LogP contribution in [0.25, 0.3) is 0 Å². The fraction of sp³-hybridized carbons (Fsp3) is 0.333. The van der Waals surface area contributed by atoms with Crippen LogP contribution in [0.2, 0.25) is 0 Å². The molecular formula is C18H20F3NO3. The van der Waals surface area contributed by atoms with E-state index in [0.717, 1.165) is 5.56 Å². The van der Waals surface area contributed by atoms with Gasteiger partial charge in [-0.25, -0.2) is 0 Å². The van der Waals surface area contributed by atoms with Gasteiger partial charge >= 0.3 is 6.18 Å². The standard InChI is InChI=1S/C18H20F3NO3/c19-18(20,21)17(24)16(22-14-9-5-2-6-10-14)15(23)12-25-11-13-7-3-1-4-8-13/h1-10,15-17,22-24H,11-12H2. The Morgan fingerprint density at radius 3 is 2.04 bits per heavy atom. The molecule has 0 aliphatic carbocycles. The van der Waals surface area contributed by atoms with Crippen molar-refractivity contribution < 1.29 is 28.1 Å². The maximum absolute atomic E-state index is 12.9. The van der Waals surface area contributed by atoms with E-state index in [9.17, 15) is 23.4 Å². The van der Waals surface area contributed by atoms with Crippen LogP contribution in [-0.2, 0) is 11.3 Å². The minimum absolute atomic E-state index is 0.151. The molecule has 0 radical (unpaired) electrons. The molecule has 2 rings (SSSR count). The molecular weight excluding hydrogens is 335 g/mol. The molecule has 0 spiro atoms. The Hall–Kier alpha value is -2.09. The van der Waals surface area contributed by atoms with Gasteiger partial charge in [0.05, 0.1) is 19.3 Å². The van der Waals surface area contributed by atoms with Gasteiger partial charge in [0.2, 0.25) is 0 Å². The lowest BCUT2D eigenvalue weighted by atomic mass is 10.0. The van der Waals surface area contributed by atoms with Crippen molar-refractivity contribution in [2.45, 2.75) is 31.0 Å². The summed E-state index contributed by atoms with van der Waals surface area (Å²) in [4.78, 5) is 0. The van der Waals surface area contributed by atoms with Crippen molar-refractivity contribution in [3.8, 4) is 0 Å². The topological polar surface area (TPSA) is 61.7 Å². The minimum Gasteiger partial charge on any atom is -0.388 e. The first-order valence-electron chi connectivity index (χ1n) is 7.74. The van der Waals surface area contributed by atoms with E-state index < -0.39 is 24.4 Å². The third-order valence-electron chi connectivity index (χ3n) is 3.60. The summed E-state index contributed by atoms with van der Waals surface area (Å²) in [6.07, 6.45) is -9.16. The number of alkyl halides is 3. The number of nitrogens with one attached hydrogen (secondary N) is 1. The number of ether oxygens (including phenoxy) is 1. The Kier molecular flexibility index (Phi) is 6.81. The zero-order valence-electron chi connectivity index (χ0n) is 13.4. The molecule has 0 amide bonds. The van der Waals surface area contributed by atoms with E-state index in [2.05, 4.69) is 5.32 Å². The molecule has 0 aliphatic heterocycles. The lowest BCUT2D eigenvalue weighted by molar-refractivity contribution is -0.215. The summed E-state index contributed by atoms with van der Waals surface area (Å²) < 4.78 is 44.0. The van der Waals surface area contributed by atoms with Gasteiger partial charge in [0.25, 0.3) is 0 Å². The summed E-state index contributed by atoms with van der Waals surface area (Å²) in [7, 11) is 0. The number of hydrogen-bond acceptors (Lipinski definition) is 4. The van der Waals surface area contributed by atoms with Gasteiger partial charge < -0.3 is 20.3 Å². The predicted molar refractivity (Wildman–Crippen MR) is 88.0 cm³/mol. The van der Waals surface area contributed by atoms with Crippen molar-refractivity contribution in [2.75, 3.05) is 11.9 Å². The first kappa shape index (κ1) is 19.2. The molecule has 2 aromatic rings. The summed E-state index contributed by atoms with van der Waals surface area (Å²) >= 11 is 0. The number of halogens is 3. The van der Waals surface area contributed by atoms with Gasteiger partial charge in [-0.2, -0.15) is 13.2 Å². The Morgan fingerprint density at radius 1 is 0.920 bits per heavy atom. The molecule has 0 bridgehead atoms. The van der Waals surface area contributed by atoms with Crippen LogP contribution in [0, 0.1) is 0 Å². The zero-order chi connectivity index (χ0) is 18.3. The van der Waals surface area contributed by atoms with Gasteiger partial charge in [0.1, 0.15) is 6.10 Å². The third-order valence-corrected chi connectivity index (χ3v) is 3.60. The van der Waals surface area contributed by atoms with E-state index in [0.29, 0.717) is 5.69 Å². The highest BCUT2D eigenvalue weighted by Crippen LogP contribution is 2.26. The molecule has 3 atom stereocenters. The number of anilines is 1. The van der Waals surface area contributed by atoms with E-state index in [1.807, 2.05) is 18.2 Å². The van der Waals surface area contributed by atoms with E-state index in [1.165, 1.54) is 0 Å². The van der Waals surface area contributed by atoms with Crippen LogP contribution in [-0.4, -0.2) is 41.2 Å². The van der Waals surface area contributed by atoms with Gasteiger partial charge in [-0.15, -0.1) is 0 Å².